The van der Waals surface area contributed by atoms with Crippen LogP contribution in [0.1, 0.15) is 30.6 Å². The minimum atomic E-state index is -0.0581. The Morgan fingerprint density at radius 2 is 1.76 bits per heavy atom. The summed E-state index contributed by atoms with van der Waals surface area (Å²) in [6.45, 7) is 3.03. The van der Waals surface area contributed by atoms with Gasteiger partial charge in [-0.3, -0.25) is 4.98 Å². The molecule has 1 aromatic heterocycles. The van der Waals surface area contributed by atoms with Crippen LogP contribution in [0.5, 0.6) is 11.5 Å². The predicted molar refractivity (Wildman–Crippen MR) is 83.9 cm³/mol. The molecule has 0 bridgehead atoms. The molecular formula is C17H22N2O2. The minimum Gasteiger partial charge on any atom is -0.496 e. The van der Waals surface area contributed by atoms with E-state index < -0.39 is 0 Å². The third-order valence-corrected chi connectivity index (χ3v) is 3.34. The molecule has 0 saturated heterocycles. The van der Waals surface area contributed by atoms with Crippen molar-refractivity contribution < 1.29 is 9.47 Å². The Hall–Kier alpha value is -2.07. The van der Waals surface area contributed by atoms with Crippen molar-refractivity contribution in [3.05, 3.63) is 53.9 Å². The second kappa shape index (κ2) is 7.64. The highest BCUT2D eigenvalue weighted by Gasteiger charge is 2.22. The number of nitrogens with one attached hydrogen (secondary N) is 1. The number of nitrogens with zero attached hydrogens (tertiary/aromatic N) is 1. The quantitative estimate of drug-likeness (QED) is 0.849. The van der Waals surface area contributed by atoms with Crippen molar-refractivity contribution in [2.75, 3.05) is 20.8 Å². The molecule has 0 fully saturated rings. The van der Waals surface area contributed by atoms with E-state index in [1.54, 1.807) is 20.4 Å². The van der Waals surface area contributed by atoms with Gasteiger partial charge in [-0.15, -0.1) is 0 Å². The molecule has 0 spiro atoms. The van der Waals surface area contributed by atoms with Gasteiger partial charge in [0.05, 0.1) is 31.5 Å². The van der Waals surface area contributed by atoms with E-state index in [9.17, 15) is 0 Å². The Balaban J connectivity index is 2.50. The zero-order chi connectivity index (χ0) is 15.1. The van der Waals surface area contributed by atoms with Crippen molar-refractivity contribution in [2.24, 2.45) is 0 Å². The molecule has 0 aliphatic heterocycles. The normalized spacial score (nSPS) is 12.0. The van der Waals surface area contributed by atoms with Crippen LogP contribution in [0.2, 0.25) is 0 Å². The fourth-order valence-corrected chi connectivity index (χ4v) is 2.35. The molecule has 0 aliphatic carbocycles. The molecule has 2 rings (SSSR count). The first-order valence-electron chi connectivity index (χ1n) is 7.17. The van der Waals surface area contributed by atoms with Crippen molar-refractivity contribution >= 4 is 0 Å². The lowest BCUT2D eigenvalue weighted by Crippen LogP contribution is -2.25. The summed E-state index contributed by atoms with van der Waals surface area (Å²) in [7, 11) is 3.35. The number of methoxy groups -OCH3 is 2. The third kappa shape index (κ3) is 3.52. The summed E-state index contributed by atoms with van der Waals surface area (Å²) in [5, 5.41) is 3.53. The summed E-state index contributed by atoms with van der Waals surface area (Å²) >= 11 is 0. The summed E-state index contributed by atoms with van der Waals surface area (Å²) in [5.41, 5.74) is 1.93. The molecule has 4 nitrogen and oxygen atoms in total. The molecule has 0 amide bonds. The maximum atomic E-state index is 5.52. The molecule has 1 unspecified atom stereocenters. The van der Waals surface area contributed by atoms with E-state index in [4.69, 9.17) is 9.47 Å². The number of rotatable bonds is 7. The largest absolute Gasteiger partial charge is 0.496 e. The van der Waals surface area contributed by atoms with Gasteiger partial charge in [-0.25, -0.2) is 0 Å². The van der Waals surface area contributed by atoms with Gasteiger partial charge in [0, 0.05) is 6.20 Å². The Morgan fingerprint density at radius 3 is 2.29 bits per heavy atom. The van der Waals surface area contributed by atoms with Crippen molar-refractivity contribution in [3.63, 3.8) is 0 Å². The van der Waals surface area contributed by atoms with Gasteiger partial charge in [-0.1, -0.05) is 19.1 Å². The van der Waals surface area contributed by atoms with Gasteiger partial charge in [-0.05, 0) is 37.2 Å². The lowest BCUT2D eigenvalue weighted by molar-refractivity contribution is 0.376. The zero-order valence-electron chi connectivity index (χ0n) is 12.8. The van der Waals surface area contributed by atoms with E-state index in [1.165, 1.54) is 0 Å². The number of pyridine rings is 1. The van der Waals surface area contributed by atoms with Crippen LogP contribution in [0.4, 0.5) is 0 Å². The fourth-order valence-electron chi connectivity index (χ4n) is 2.35. The summed E-state index contributed by atoms with van der Waals surface area (Å²) in [4.78, 5) is 4.49. The van der Waals surface area contributed by atoms with Crippen LogP contribution in [0.15, 0.2) is 42.6 Å². The second-order valence-corrected chi connectivity index (χ2v) is 4.72. The Kier molecular flexibility index (Phi) is 5.58. The van der Waals surface area contributed by atoms with E-state index in [0.29, 0.717) is 0 Å². The summed E-state index contributed by atoms with van der Waals surface area (Å²) < 4.78 is 11.0. The standard InChI is InChI=1S/C17H22N2O2/c1-4-11-19-17(13-8-5-6-12-18-13)16-14(20-2)9-7-10-15(16)21-3/h5-10,12,17,19H,4,11H2,1-3H3. The van der Waals surface area contributed by atoms with Crippen molar-refractivity contribution in [1.82, 2.24) is 10.3 Å². The SMILES string of the molecule is CCCNC(c1ccccn1)c1c(OC)cccc1OC. The number of hydrogen-bond acceptors (Lipinski definition) is 4. The van der Waals surface area contributed by atoms with Gasteiger partial charge >= 0.3 is 0 Å². The lowest BCUT2D eigenvalue weighted by Gasteiger charge is -2.23. The highest BCUT2D eigenvalue weighted by molar-refractivity contribution is 5.49. The molecule has 4 heteroatoms. The molecule has 1 heterocycles. The van der Waals surface area contributed by atoms with E-state index in [1.807, 2.05) is 36.4 Å². The molecule has 2 aromatic rings. The smallest absolute Gasteiger partial charge is 0.127 e. The third-order valence-electron chi connectivity index (χ3n) is 3.34. The van der Waals surface area contributed by atoms with Crippen LogP contribution in [0.25, 0.3) is 0 Å². The first kappa shape index (κ1) is 15.3. The van der Waals surface area contributed by atoms with Crippen LogP contribution in [-0.2, 0) is 0 Å². The average molecular weight is 286 g/mol. The van der Waals surface area contributed by atoms with Crippen molar-refractivity contribution in [1.29, 1.82) is 0 Å². The number of benzene rings is 1. The molecule has 112 valence electrons. The number of hydrogen-bond donors (Lipinski definition) is 1. The average Bonchev–Trinajstić information content (AvgIpc) is 2.56. The van der Waals surface area contributed by atoms with Gasteiger partial charge in [0.1, 0.15) is 11.5 Å². The number of ether oxygens (including phenoxy) is 2. The second-order valence-electron chi connectivity index (χ2n) is 4.72. The highest BCUT2D eigenvalue weighted by atomic mass is 16.5. The highest BCUT2D eigenvalue weighted by Crippen LogP contribution is 2.36. The lowest BCUT2D eigenvalue weighted by atomic mass is 10.0. The van der Waals surface area contributed by atoms with E-state index >= 15 is 0 Å². The first-order chi connectivity index (χ1) is 10.3. The van der Waals surface area contributed by atoms with Crippen LogP contribution in [0, 0.1) is 0 Å². The van der Waals surface area contributed by atoms with E-state index in [0.717, 1.165) is 35.7 Å². The molecule has 21 heavy (non-hydrogen) atoms. The maximum Gasteiger partial charge on any atom is 0.127 e. The molecule has 1 N–H and O–H groups in total. The fraction of sp³-hybridized carbons (Fsp3) is 0.353. The van der Waals surface area contributed by atoms with Crippen LogP contribution >= 0.6 is 0 Å². The maximum absolute atomic E-state index is 5.52. The summed E-state index contributed by atoms with van der Waals surface area (Å²) in [6.07, 6.45) is 2.85. The van der Waals surface area contributed by atoms with Crippen molar-refractivity contribution in [3.8, 4) is 11.5 Å². The predicted octanol–water partition coefficient (Wildman–Crippen LogP) is 3.19. The molecule has 0 radical (unpaired) electrons. The van der Waals surface area contributed by atoms with Crippen LogP contribution < -0.4 is 14.8 Å². The number of aromatic nitrogens is 1. The summed E-state index contributed by atoms with van der Waals surface area (Å²) in [6, 6.07) is 11.7. The zero-order valence-corrected chi connectivity index (χ0v) is 12.8. The molecule has 1 aromatic carbocycles. The van der Waals surface area contributed by atoms with Crippen molar-refractivity contribution in [2.45, 2.75) is 19.4 Å². The summed E-state index contributed by atoms with van der Waals surface area (Å²) in [5.74, 6) is 1.60. The van der Waals surface area contributed by atoms with E-state index in [-0.39, 0.29) is 6.04 Å². The monoisotopic (exact) mass is 286 g/mol. The van der Waals surface area contributed by atoms with E-state index in [2.05, 4.69) is 17.2 Å². The molecular weight excluding hydrogens is 264 g/mol. The van der Waals surface area contributed by atoms with Gasteiger partial charge in [0.2, 0.25) is 0 Å². The Bertz CT molecular complexity index is 536. The van der Waals surface area contributed by atoms with Gasteiger partial charge in [0.25, 0.3) is 0 Å². The van der Waals surface area contributed by atoms with Crippen LogP contribution in [-0.4, -0.2) is 25.7 Å². The van der Waals surface area contributed by atoms with Crippen LogP contribution in [0.3, 0.4) is 0 Å². The minimum absolute atomic E-state index is 0.0581. The first-order valence-corrected chi connectivity index (χ1v) is 7.17. The van der Waals surface area contributed by atoms with Gasteiger partial charge < -0.3 is 14.8 Å². The topological polar surface area (TPSA) is 43.4 Å². The molecule has 0 saturated carbocycles. The Morgan fingerprint density at radius 1 is 1.05 bits per heavy atom. The van der Waals surface area contributed by atoms with Gasteiger partial charge in [-0.2, -0.15) is 0 Å². The molecule has 1 atom stereocenters. The van der Waals surface area contributed by atoms with Gasteiger partial charge in [0.15, 0.2) is 0 Å². The molecule has 0 aliphatic rings. The Labute approximate surface area is 126 Å².